The molecule has 1 rings (SSSR count). The van der Waals surface area contributed by atoms with Crippen LogP contribution in [0, 0.1) is 10.8 Å². The molecule has 1 aromatic rings. The van der Waals surface area contributed by atoms with Crippen LogP contribution in [0.5, 0.6) is 0 Å². The molecule has 132 valence electrons. The van der Waals surface area contributed by atoms with Gasteiger partial charge in [0.2, 0.25) is 5.91 Å². The first-order valence-corrected chi connectivity index (χ1v) is 8.22. The van der Waals surface area contributed by atoms with Gasteiger partial charge >= 0.3 is 0 Å². The second-order valence-electron chi connectivity index (χ2n) is 7.47. The van der Waals surface area contributed by atoms with Crippen LogP contribution in [0.15, 0.2) is 6.20 Å². The highest BCUT2D eigenvalue weighted by atomic mass is 32.1. The number of nitrogens with two attached hydrogens (primary N) is 1. The van der Waals surface area contributed by atoms with Crippen molar-refractivity contribution in [1.29, 1.82) is 0 Å². The maximum atomic E-state index is 11.2. The van der Waals surface area contributed by atoms with E-state index >= 15 is 0 Å². The van der Waals surface area contributed by atoms with Crippen LogP contribution in [0.4, 0.5) is 0 Å². The highest BCUT2D eigenvalue weighted by Crippen LogP contribution is 2.21. The first-order chi connectivity index (χ1) is 10.7. The van der Waals surface area contributed by atoms with Crippen molar-refractivity contribution < 1.29 is 9.53 Å². The van der Waals surface area contributed by atoms with Gasteiger partial charge in [0.1, 0.15) is 0 Å². The number of aromatic nitrogens is 3. The quantitative estimate of drug-likeness (QED) is 0.555. The standard InChI is InChI=1S/C15H29N5O2S/c1-14(2,8-16)10-22-11-15(3,4)9-20-7-12(17-19-20)5-6-13(21)18-23/h7,23H,5-6,8-11,16H2,1-4H3,(H,18,21). The van der Waals surface area contributed by atoms with E-state index in [1.165, 1.54) is 0 Å². The lowest BCUT2D eigenvalue weighted by molar-refractivity contribution is -0.119. The Labute approximate surface area is 143 Å². The molecule has 0 unspecified atom stereocenters. The van der Waals surface area contributed by atoms with E-state index in [1.54, 1.807) is 4.68 Å². The number of thiol groups is 1. The minimum Gasteiger partial charge on any atom is -0.380 e. The van der Waals surface area contributed by atoms with E-state index in [1.807, 2.05) is 6.20 Å². The van der Waals surface area contributed by atoms with E-state index in [4.69, 9.17) is 10.5 Å². The normalized spacial score (nSPS) is 12.4. The topological polar surface area (TPSA) is 95.1 Å². The van der Waals surface area contributed by atoms with Crippen LogP contribution < -0.4 is 10.5 Å². The third-order valence-electron chi connectivity index (χ3n) is 3.45. The summed E-state index contributed by atoms with van der Waals surface area (Å²) in [6, 6.07) is 0. The maximum Gasteiger partial charge on any atom is 0.230 e. The van der Waals surface area contributed by atoms with Crippen LogP contribution in [-0.2, 0) is 22.5 Å². The summed E-state index contributed by atoms with van der Waals surface area (Å²) in [5.74, 6) is -0.126. The van der Waals surface area contributed by atoms with Crippen LogP contribution in [0.3, 0.4) is 0 Å². The molecule has 8 heteroatoms. The van der Waals surface area contributed by atoms with E-state index < -0.39 is 0 Å². The predicted molar refractivity (Wildman–Crippen MR) is 92.9 cm³/mol. The van der Waals surface area contributed by atoms with Crippen LogP contribution >= 0.6 is 12.8 Å². The van der Waals surface area contributed by atoms with Crippen LogP contribution in [0.1, 0.15) is 39.8 Å². The van der Waals surface area contributed by atoms with Gasteiger partial charge in [-0.3, -0.25) is 9.48 Å². The zero-order valence-corrected chi connectivity index (χ0v) is 15.4. The number of hydrogen-bond acceptors (Lipinski definition) is 6. The molecular weight excluding hydrogens is 314 g/mol. The second kappa shape index (κ2) is 8.65. The van der Waals surface area contributed by atoms with E-state index in [-0.39, 0.29) is 16.7 Å². The van der Waals surface area contributed by atoms with E-state index in [9.17, 15) is 4.79 Å². The van der Waals surface area contributed by atoms with Gasteiger partial charge in [0.25, 0.3) is 0 Å². The number of nitrogens with zero attached hydrogens (tertiary/aromatic N) is 3. The lowest BCUT2D eigenvalue weighted by Crippen LogP contribution is -2.32. The first-order valence-electron chi connectivity index (χ1n) is 7.77. The number of carbonyl (C=O) groups is 1. The zero-order valence-electron chi connectivity index (χ0n) is 14.5. The molecule has 0 radical (unpaired) electrons. The molecular formula is C15H29N5O2S. The highest BCUT2D eigenvalue weighted by Gasteiger charge is 2.23. The highest BCUT2D eigenvalue weighted by molar-refractivity contribution is 7.78. The van der Waals surface area contributed by atoms with Crippen molar-refractivity contribution in [2.75, 3.05) is 19.8 Å². The fraction of sp³-hybridized carbons (Fsp3) is 0.800. The molecule has 23 heavy (non-hydrogen) atoms. The molecule has 1 amide bonds. The van der Waals surface area contributed by atoms with Gasteiger partial charge in [-0.2, -0.15) is 0 Å². The molecule has 0 spiro atoms. The van der Waals surface area contributed by atoms with E-state index in [0.717, 1.165) is 5.69 Å². The number of ether oxygens (including phenoxy) is 1. The summed E-state index contributed by atoms with van der Waals surface area (Å²) in [6.45, 7) is 11.0. The van der Waals surface area contributed by atoms with Gasteiger partial charge in [0.05, 0.1) is 18.9 Å². The number of rotatable bonds is 10. The van der Waals surface area contributed by atoms with Crippen molar-refractivity contribution in [3.8, 4) is 0 Å². The molecule has 1 heterocycles. The SMILES string of the molecule is CC(C)(CN)COCC(C)(C)Cn1cc(CCC(=O)NS)nn1. The third kappa shape index (κ3) is 7.81. The third-order valence-corrected chi connectivity index (χ3v) is 3.70. The van der Waals surface area contributed by atoms with Gasteiger partial charge in [0, 0.05) is 36.4 Å². The first kappa shape index (κ1) is 19.9. The van der Waals surface area contributed by atoms with Crippen molar-refractivity contribution in [2.45, 2.75) is 47.1 Å². The summed E-state index contributed by atoms with van der Waals surface area (Å²) in [5, 5.41) is 8.21. The molecule has 7 nitrogen and oxygen atoms in total. The summed E-state index contributed by atoms with van der Waals surface area (Å²) in [7, 11) is 0. The lowest BCUT2D eigenvalue weighted by atomic mass is 9.93. The van der Waals surface area contributed by atoms with Crippen LogP contribution in [-0.4, -0.2) is 40.7 Å². The molecule has 0 atom stereocenters. The van der Waals surface area contributed by atoms with Crippen LogP contribution in [0.2, 0.25) is 0 Å². The Morgan fingerprint density at radius 1 is 1.35 bits per heavy atom. The molecule has 0 fully saturated rings. The van der Waals surface area contributed by atoms with Gasteiger partial charge in [-0.25, -0.2) is 0 Å². The fourth-order valence-electron chi connectivity index (χ4n) is 1.97. The Balaban J connectivity index is 2.44. The van der Waals surface area contributed by atoms with Crippen LogP contribution in [0.25, 0.3) is 0 Å². The predicted octanol–water partition coefficient (Wildman–Crippen LogP) is 1.20. The molecule has 0 aliphatic carbocycles. The number of amides is 1. The minimum absolute atomic E-state index is 0.00985. The second-order valence-corrected chi connectivity index (χ2v) is 7.69. The average Bonchev–Trinajstić information content (AvgIpc) is 2.90. The number of aryl methyl sites for hydroxylation is 1. The molecule has 1 aromatic heterocycles. The van der Waals surface area contributed by atoms with Gasteiger partial charge in [0.15, 0.2) is 0 Å². The Bertz CT molecular complexity index is 502. The molecule has 0 aliphatic heterocycles. The summed E-state index contributed by atoms with van der Waals surface area (Å²) in [6.07, 6.45) is 2.77. The van der Waals surface area contributed by atoms with E-state index in [2.05, 4.69) is 55.5 Å². The lowest BCUT2D eigenvalue weighted by Gasteiger charge is -2.28. The van der Waals surface area contributed by atoms with Gasteiger partial charge in [-0.15, -0.1) is 5.10 Å². The smallest absolute Gasteiger partial charge is 0.230 e. The Morgan fingerprint density at radius 2 is 2.00 bits per heavy atom. The Kier molecular flexibility index (Phi) is 7.50. The molecule has 0 aliphatic rings. The largest absolute Gasteiger partial charge is 0.380 e. The summed E-state index contributed by atoms with van der Waals surface area (Å²) in [5.41, 5.74) is 6.42. The van der Waals surface area contributed by atoms with E-state index in [0.29, 0.717) is 39.1 Å². The van der Waals surface area contributed by atoms with Crippen molar-refractivity contribution in [2.24, 2.45) is 16.6 Å². The zero-order chi connectivity index (χ0) is 17.5. The molecule has 0 aromatic carbocycles. The van der Waals surface area contributed by atoms with Crippen molar-refractivity contribution in [3.63, 3.8) is 0 Å². The molecule has 0 saturated heterocycles. The Hall–Kier alpha value is -1.12. The van der Waals surface area contributed by atoms with Gasteiger partial charge in [-0.1, -0.05) is 45.7 Å². The molecule has 3 N–H and O–H groups in total. The Morgan fingerprint density at radius 3 is 2.61 bits per heavy atom. The summed E-state index contributed by atoms with van der Waals surface area (Å²) >= 11 is 3.72. The van der Waals surface area contributed by atoms with Gasteiger partial charge in [-0.05, 0) is 6.54 Å². The minimum atomic E-state index is -0.126. The van der Waals surface area contributed by atoms with Crippen molar-refractivity contribution >= 4 is 18.7 Å². The monoisotopic (exact) mass is 343 g/mol. The summed E-state index contributed by atoms with van der Waals surface area (Å²) in [4.78, 5) is 11.2. The molecule has 0 bridgehead atoms. The van der Waals surface area contributed by atoms with Crippen molar-refractivity contribution in [3.05, 3.63) is 11.9 Å². The summed E-state index contributed by atoms with van der Waals surface area (Å²) < 4.78 is 9.92. The van der Waals surface area contributed by atoms with Crippen molar-refractivity contribution in [1.82, 2.24) is 19.7 Å². The van der Waals surface area contributed by atoms with Gasteiger partial charge < -0.3 is 15.2 Å². The maximum absolute atomic E-state index is 11.2. The number of nitrogens with one attached hydrogen (secondary N) is 1. The number of hydrogen-bond donors (Lipinski definition) is 3. The molecule has 0 saturated carbocycles. The number of carbonyl (C=O) groups excluding carboxylic acids is 1. The fourth-order valence-corrected chi connectivity index (χ4v) is 2.09. The average molecular weight is 343 g/mol.